The number of aryl methyl sites for hydroxylation is 1. The van der Waals surface area contributed by atoms with E-state index in [4.69, 9.17) is 14.2 Å². The molecule has 0 fully saturated rings. The van der Waals surface area contributed by atoms with Gasteiger partial charge in [0.05, 0.1) is 7.11 Å². The quantitative estimate of drug-likeness (QED) is 0.385. The largest absolute Gasteiger partial charge is 0.496 e. The van der Waals surface area contributed by atoms with Crippen molar-refractivity contribution in [3.8, 4) is 5.75 Å². The molecule has 4 rings (SSSR count). The van der Waals surface area contributed by atoms with Gasteiger partial charge < -0.3 is 29.3 Å². The number of methoxy groups -OCH3 is 1. The third kappa shape index (κ3) is 8.42. The minimum atomic E-state index is -0.540. The highest BCUT2D eigenvalue weighted by Crippen LogP contribution is 2.32. The molecule has 9 nitrogen and oxygen atoms in total. The summed E-state index contributed by atoms with van der Waals surface area (Å²) in [6.07, 6.45) is 4.84. The third-order valence-corrected chi connectivity index (χ3v) is 7.36. The molecular formula is C35H45N3O6. The molecule has 0 saturated carbocycles. The van der Waals surface area contributed by atoms with Crippen molar-refractivity contribution in [2.24, 2.45) is 0 Å². The number of carbonyl (C=O) groups is 3. The summed E-state index contributed by atoms with van der Waals surface area (Å²) in [7, 11) is 1.59. The molecule has 44 heavy (non-hydrogen) atoms. The predicted molar refractivity (Wildman–Crippen MR) is 173 cm³/mol. The molecule has 0 unspecified atom stereocenters. The van der Waals surface area contributed by atoms with E-state index in [0.29, 0.717) is 49.6 Å². The minimum Gasteiger partial charge on any atom is -0.496 e. The molecule has 2 aromatic rings. The fraction of sp³-hybridized carbons (Fsp3) is 0.457. The smallest absolute Gasteiger partial charge is 0.410 e. The molecule has 1 N–H and O–H groups in total. The molecule has 2 heterocycles. The summed E-state index contributed by atoms with van der Waals surface area (Å²) in [5.41, 5.74) is 5.39. The second kappa shape index (κ2) is 13.2. The normalized spacial score (nSPS) is 15.6. The van der Waals surface area contributed by atoms with E-state index in [1.54, 1.807) is 29.0 Å². The van der Waals surface area contributed by atoms with Gasteiger partial charge in [0.2, 0.25) is 0 Å². The van der Waals surface area contributed by atoms with Crippen molar-refractivity contribution in [1.29, 1.82) is 0 Å². The number of anilines is 1. The minimum absolute atomic E-state index is 0.236. The first-order chi connectivity index (χ1) is 20.6. The van der Waals surface area contributed by atoms with Gasteiger partial charge in [-0.15, -0.1) is 0 Å². The van der Waals surface area contributed by atoms with Crippen LogP contribution in [-0.4, -0.2) is 72.4 Å². The number of ether oxygens (including phenoxy) is 3. The van der Waals surface area contributed by atoms with Gasteiger partial charge in [-0.2, -0.15) is 0 Å². The maximum atomic E-state index is 13.2. The number of nitrogens with one attached hydrogen (secondary N) is 1. The Bertz CT molecular complexity index is 1480. The van der Waals surface area contributed by atoms with E-state index in [1.165, 1.54) is 5.57 Å². The van der Waals surface area contributed by atoms with Gasteiger partial charge in [0, 0.05) is 43.0 Å². The van der Waals surface area contributed by atoms with Crippen LogP contribution in [-0.2, 0) is 9.47 Å². The van der Waals surface area contributed by atoms with Gasteiger partial charge >= 0.3 is 12.2 Å². The molecule has 236 valence electrons. The zero-order chi connectivity index (χ0) is 32.2. The zero-order valence-electron chi connectivity index (χ0n) is 27.2. The van der Waals surface area contributed by atoms with Gasteiger partial charge in [0.15, 0.2) is 0 Å². The summed E-state index contributed by atoms with van der Waals surface area (Å²) < 4.78 is 16.7. The van der Waals surface area contributed by atoms with Crippen molar-refractivity contribution in [2.75, 3.05) is 38.6 Å². The van der Waals surface area contributed by atoms with Crippen LogP contribution in [0, 0.1) is 6.92 Å². The average Bonchev–Trinajstić information content (AvgIpc) is 2.95. The van der Waals surface area contributed by atoms with Crippen LogP contribution in [0.1, 0.15) is 81.4 Å². The second-order valence-corrected chi connectivity index (χ2v) is 13.2. The van der Waals surface area contributed by atoms with Crippen LogP contribution in [0.5, 0.6) is 5.75 Å². The topological polar surface area (TPSA) is 97.4 Å². The van der Waals surface area contributed by atoms with E-state index in [0.717, 1.165) is 28.7 Å². The van der Waals surface area contributed by atoms with Gasteiger partial charge in [-0.25, -0.2) is 9.59 Å². The number of hydrogen-bond acceptors (Lipinski definition) is 6. The standard InChI is InChI=1S/C35H45N3O6/c1-23-21-27(10-12-28(23)24-13-17-37(18-14-24)32(40)43-34(2,3)4)36-31(39)26-9-11-29(30(22-26)42-8)25-15-19-38(20-16-25)33(41)44-35(5,6)7/h9-13,15,21-22H,14,16-20H2,1-8H3,(H,36,39). The molecule has 3 amide bonds. The number of nitrogens with zero attached hydrogens (tertiary/aromatic N) is 2. The van der Waals surface area contributed by atoms with E-state index in [2.05, 4.69) is 11.4 Å². The molecule has 2 aliphatic heterocycles. The molecule has 0 aromatic heterocycles. The Morgan fingerprint density at radius 2 is 1.27 bits per heavy atom. The Hall–Kier alpha value is -4.27. The molecule has 0 atom stereocenters. The lowest BCUT2D eigenvalue weighted by atomic mass is 9.95. The van der Waals surface area contributed by atoms with Crippen LogP contribution < -0.4 is 10.1 Å². The number of rotatable bonds is 5. The highest BCUT2D eigenvalue weighted by molar-refractivity contribution is 6.05. The summed E-state index contributed by atoms with van der Waals surface area (Å²) in [6.45, 7) is 15.3. The van der Waals surface area contributed by atoms with E-state index in [-0.39, 0.29) is 18.1 Å². The summed E-state index contributed by atoms with van der Waals surface area (Å²) in [5.74, 6) is 0.367. The summed E-state index contributed by atoms with van der Waals surface area (Å²) in [6, 6.07) is 11.3. The lowest BCUT2D eigenvalue weighted by molar-refractivity contribution is 0.0260. The highest BCUT2D eigenvalue weighted by Gasteiger charge is 2.26. The van der Waals surface area contributed by atoms with Gasteiger partial charge in [-0.1, -0.05) is 24.3 Å². The molecule has 0 bridgehead atoms. The zero-order valence-corrected chi connectivity index (χ0v) is 27.2. The first-order valence-corrected chi connectivity index (χ1v) is 15.1. The Morgan fingerprint density at radius 1 is 0.750 bits per heavy atom. The van der Waals surface area contributed by atoms with Crippen LogP contribution in [0.3, 0.4) is 0 Å². The highest BCUT2D eigenvalue weighted by atomic mass is 16.6. The molecule has 2 aromatic carbocycles. The first kappa shape index (κ1) is 32.6. The Balaban J connectivity index is 1.40. The Kier molecular flexibility index (Phi) is 9.76. The van der Waals surface area contributed by atoms with Crippen LogP contribution in [0.25, 0.3) is 11.1 Å². The Labute approximate surface area is 260 Å². The van der Waals surface area contributed by atoms with Gasteiger partial charge in [-0.3, -0.25) is 4.79 Å². The van der Waals surface area contributed by atoms with Crippen molar-refractivity contribution in [1.82, 2.24) is 9.80 Å². The van der Waals surface area contributed by atoms with Gasteiger partial charge in [0.25, 0.3) is 5.91 Å². The molecule has 0 radical (unpaired) electrons. The van der Waals surface area contributed by atoms with Crippen LogP contribution in [0.4, 0.5) is 15.3 Å². The summed E-state index contributed by atoms with van der Waals surface area (Å²) in [5, 5.41) is 3.00. The van der Waals surface area contributed by atoms with Crippen molar-refractivity contribution in [3.63, 3.8) is 0 Å². The number of benzene rings is 2. The summed E-state index contributed by atoms with van der Waals surface area (Å²) >= 11 is 0. The molecular weight excluding hydrogens is 558 g/mol. The maximum Gasteiger partial charge on any atom is 0.410 e. The lowest BCUT2D eigenvalue weighted by Crippen LogP contribution is -2.39. The fourth-order valence-electron chi connectivity index (χ4n) is 5.21. The monoisotopic (exact) mass is 603 g/mol. The van der Waals surface area contributed by atoms with E-state index >= 15 is 0 Å². The van der Waals surface area contributed by atoms with Crippen molar-refractivity contribution in [2.45, 2.75) is 72.5 Å². The number of amides is 3. The predicted octanol–water partition coefficient (Wildman–Crippen LogP) is 7.30. The van der Waals surface area contributed by atoms with Crippen LogP contribution >= 0.6 is 0 Å². The van der Waals surface area contributed by atoms with Crippen molar-refractivity contribution in [3.05, 3.63) is 70.8 Å². The summed E-state index contributed by atoms with van der Waals surface area (Å²) in [4.78, 5) is 41.4. The average molecular weight is 604 g/mol. The lowest BCUT2D eigenvalue weighted by Gasteiger charge is -2.30. The van der Waals surface area contributed by atoms with Crippen molar-refractivity contribution < 1.29 is 28.6 Å². The third-order valence-electron chi connectivity index (χ3n) is 7.36. The number of hydrogen-bond donors (Lipinski definition) is 1. The second-order valence-electron chi connectivity index (χ2n) is 13.2. The molecule has 2 aliphatic rings. The fourth-order valence-corrected chi connectivity index (χ4v) is 5.21. The van der Waals surface area contributed by atoms with E-state index < -0.39 is 11.2 Å². The van der Waals surface area contributed by atoms with E-state index in [9.17, 15) is 14.4 Å². The molecule has 0 spiro atoms. The van der Waals surface area contributed by atoms with Crippen LogP contribution in [0.15, 0.2) is 48.6 Å². The SMILES string of the molecule is COc1cc(C(=O)Nc2ccc(C3=CCN(C(=O)OC(C)(C)C)CC3)c(C)c2)ccc1C1=CCN(C(=O)OC(C)(C)C)CC1. The van der Waals surface area contributed by atoms with Crippen LogP contribution in [0.2, 0.25) is 0 Å². The molecule has 0 saturated heterocycles. The van der Waals surface area contributed by atoms with E-state index in [1.807, 2.05) is 78.8 Å². The van der Waals surface area contributed by atoms with Gasteiger partial charge in [-0.05, 0) is 108 Å². The molecule has 9 heteroatoms. The first-order valence-electron chi connectivity index (χ1n) is 15.1. The van der Waals surface area contributed by atoms with Gasteiger partial charge in [0.1, 0.15) is 17.0 Å². The molecule has 0 aliphatic carbocycles. The number of carbonyl (C=O) groups excluding carboxylic acids is 3. The Morgan fingerprint density at radius 3 is 1.73 bits per heavy atom. The van der Waals surface area contributed by atoms with Crippen molar-refractivity contribution >= 4 is 34.9 Å². The maximum absolute atomic E-state index is 13.2.